The highest BCUT2D eigenvalue weighted by molar-refractivity contribution is 5.92. The van der Waals surface area contributed by atoms with Crippen LogP contribution in [0, 0.1) is 0 Å². The Balaban J connectivity index is 1.36. The van der Waals surface area contributed by atoms with Gasteiger partial charge in [0, 0.05) is 51.4 Å². The number of hydrogen-bond acceptors (Lipinski definition) is 5. The molecule has 31 heavy (non-hydrogen) atoms. The van der Waals surface area contributed by atoms with E-state index in [0.29, 0.717) is 13.1 Å². The highest BCUT2D eigenvalue weighted by Gasteiger charge is 2.36. The maximum Gasteiger partial charge on any atom is 0.432 e. The van der Waals surface area contributed by atoms with Gasteiger partial charge in [-0.2, -0.15) is 18.3 Å². The van der Waals surface area contributed by atoms with E-state index in [1.807, 2.05) is 23.3 Å². The summed E-state index contributed by atoms with van der Waals surface area (Å²) >= 11 is 0. The number of rotatable bonds is 4. The fourth-order valence-corrected chi connectivity index (χ4v) is 4.39. The number of hydrogen-bond donors (Lipinski definition) is 1. The third kappa shape index (κ3) is 4.63. The van der Waals surface area contributed by atoms with Gasteiger partial charge in [0.05, 0.1) is 12.8 Å². The second kappa shape index (κ2) is 8.78. The minimum absolute atomic E-state index is 0.186. The monoisotopic (exact) mass is 437 g/mol. The van der Waals surface area contributed by atoms with Gasteiger partial charge >= 0.3 is 6.18 Å². The van der Waals surface area contributed by atoms with E-state index >= 15 is 0 Å². The van der Waals surface area contributed by atoms with Gasteiger partial charge in [0.2, 0.25) is 0 Å². The molecular formula is C21H26F3N5O2. The van der Waals surface area contributed by atoms with Crippen molar-refractivity contribution in [2.45, 2.75) is 25.1 Å². The van der Waals surface area contributed by atoms with Crippen molar-refractivity contribution in [1.82, 2.24) is 20.0 Å². The number of halogens is 3. The molecule has 2 aliphatic heterocycles. The maximum atomic E-state index is 12.8. The number of aromatic amines is 1. The van der Waals surface area contributed by atoms with Crippen LogP contribution in [-0.4, -0.2) is 78.3 Å². The van der Waals surface area contributed by atoms with E-state index in [4.69, 9.17) is 4.74 Å². The first-order valence-electron chi connectivity index (χ1n) is 10.4. The number of amides is 1. The van der Waals surface area contributed by atoms with Crippen molar-refractivity contribution >= 4 is 11.6 Å². The van der Waals surface area contributed by atoms with Crippen LogP contribution in [0.15, 0.2) is 30.3 Å². The Kier molecular flexibility index (Phi) is 6.08. The molecule has 1 unspecified atom stereocenters. The summed E-state index contributed by atoms with van der Waals surface area (Å²) in [6, 6.07) is 8.92. The van der Waals surface area contributed by atoms with Gasteiger partial charge in [0.25, 0.3) is 5.91 Å². The van der Waals surface area contributed by atoms with Gasteiger partial charge in [-0.3, -0.25) is 14.8 Å². The lowest BCUT2D eigenvalue weighted by Crippen LogP contribution is -2.56. The minimum Gasteiger partial charge on any atom is -0.495 e. The van der Waals surface area contributed by atoms with E-state index in [1.54, 1.807) is 12.0 Å². The summed E-state index contributed by atoms with van der Waals surface area (Å²) in [6.07, 6.45) is -2.76. The van der Waals surface area contributed by atoms with Crippen molar-refractivity contribution in [1.29, 1.82) is 0 Å². The Labute approximate surface area is 178 Å². The molecule has 10 heteroatoms. The predicted octanol–water partition coefficient (Wildman–Crippen LogP) is 2.86. The molecule has 2 fully saturated rings. The third-order valence-corrected chi connectivity index (χ3v) is 6.04. The zero-order chi connectivity index (χ0) is 22.0. The number of carbonyl (C=O) groups is 1. The summed E-state index contributed by atoms with van der Waals surface area (Å²) in [5.74, 6) is 0.395. The van der Waals surface area contributed by atoms with Crippen LogP contribution >= 0.6 is 0 Å². The molecule has 7 nitrogen and oxygen atoms in total. The second-order valence-electron chi connectivity index (χ2n) is 7.91. The lowest BCUT2D eigenvalue weighted by Gasteiger charge is -2.44. The molecule has 0 aliphatic carbocycles. The zero-order valence-electron chi connectivity index (χ0n) is 17.4. The van der Waals surface area contributed by atoms with Crippen LogP contribution in [0.4, 0.5) is 18.9 Å². The molecule has 1 amide bonds. The molecule has 2 aliphatic rings. The molecule has 1 N–H and O–H groups in total. The molecule has 0 bridgehead atoms. The topological polar surface area (TPSA) is 64.7 Å². The Morgan fingerprint density at radius 3 is 2.58 bits per heavy atom. The quantitative estimate of drug-likeness (QED) is 0.797. The van der Waals surface area contributed by atoms with Gasteiger partial charge < -0.3 is 14.5 Å². The number of carbonyl (C=O) groups excluding carboxylic acids is 1. The lowest BCUT2D eigenvalue weighted by molar-refractivity contribution is -0.141. The first-order chi connectivity index (χ1) is 14.9. The van der Waals surface area contributed by atoms with Crippen LogP contribution in [-0.2, 0) is 6.18 Å². The molecule has 2 saturated heterocycles. The first kappa shape index (κ1) is 21.5. The van der Waals surface area contributed by atoms with Crippen LogP contribution in [0.1, 0.15) is 29.0 Å². The summed E-state index contributed by atoms with van der Waals surface area (Å²) in [5.41, 5.74) is -0.116. The van der Waals surface area contributed by atoms with E-state index in [1.165, 1.54) is 0 Å². The van der Waals surface area contributed by atoms with E-state index in [0.717, 1.165) is 56.5 Å². The van der Waals surface area contributed by atoms with E-state index in [9.17, 15) is 18.0 Å². The molecule has 168 valence electrons. The molecule has 0 radical (unpaired) electrons. The average molecular weight is 437 g/mol. The first-order valence-corrected chi connectivity index (χ1v) is 10.4. The molecular weight excluding hydrogens is 411 g/mol. The number of H-pyrrole nitrogens is 1. The summed E-state index contributed by atoms with van der Waals surface area (Å²) in [7, 11) is 1.67. The van der Waals surface area contributed by atoms with Gasteiger partial charge in [0.1, 0.15) is 11.4 Å². The number of anilines is 1. The van der Waals surface area contributed by atoms with Gasteiger partial charge in [-0.25, -0.2) is 0 Å². The van der Waals surface area contributed by atoms with Crippen molar-refractivity contribution in [2.24, 2.45) is 0 Å². The summed E-state index contributed by atoms with van der Waals surface area (Å²) in [5, 5.41) is 5.51. The number of nitrogens with zero attached hydrogens (tertiary/aromatic N) is 4. The number of methoxy groups -OCH3 is 1. The number of likely N-dealkylation sites (tertiary alicyclic amines) is 1. The Bertz CT molecular complexity index is 908. The lowest BCUT2D eigenvalue weighted by atomic mass is 10.0. The Morgan fingerprint density at radius 1 is 1.16 bits per heavy atom. The summed E-state index contributed by atoms with van der Waals surface area (Å²) < 4.78 is 43.9. The van der Waals surface area contributed by atoms with Gasteiger partial charge in [-0.1, -0.05) is 12.1 Å². The molecule has 4 rings (SSSR count). The van der Waals surface area contributed by atoms with Crippen LogP contribution in [0.3, 0.4) is 0 Å². The Morgan fingerprint density at radius 2 is 1.90 bits per heavy atom. The molecule has 1 atom stereocenters. The van der Waals surface area contributed by atoms with Crippen LogP contribution in [0.5, 0.6) is 5.75 Å². The van der Waals surface area contributed by atoms with E-state index in [-0.39, 0.29) is 11.7 Å². The van der Waals surface area contributed by atoms with Crippen molar-refractivity contribution in [2.75, 3.05) is 51.3 Å². The molecule has 0 spiro atoms. The summed E-state index contributed by atoms with van der Waals surface area (Å²) in [4.78, 5) is 19.0. The fraction of sp³-hybridized carbons (Fsp3) is 0.524. The van der Waals surface area contributed by atoms with Gasteiger partial charge in [-0.15, -0.1) is 0 Å². The predicted molar refractivity (Wildman–Crippen MR) is 109 cm³/mol. The number of piperidine rings is 1. The van der Waals surface area contributed by atoms with Crippen molar-refractivity contribution in [3.8, 4) is 5.75 Å². The van der Waals surface area contributed by atoms with Crippen molar-refractivity contribution < 1.29 is 22.7 Å². The van der Waals surface area contributed by atoms with E-state index < -0.39 is 17.8 Å². The largest absolute Gasteiger partial charge is 0.495 e. The number of nitrogens with one attached hydrogen (secondary N) is 1. The SMILES string of the molecule is COc1ccccc1N1CCN(C2CCCN(C(=O)c3cc(C(F)(F)F)[nH]n3)C2)CC1. The maximum absolute atomic E-state index is 12.8. The van der Waals surface area contributed by atoms with Crippen LogP contribution in [0.2, 0.25) is 0 Å². The highest BCUT2D eigenvalue weighted by atomic mass is 19.4. The summed E-state index contributed by atoms with van der Waals surface area (Å²) in [6.45, 7) is 4.43. The van der Waals surface area contributed by atoms with Crippen molar-refractivity contribution in [3.05, 3.63) is 41.7 Å². The zero-order valence-corrected chi connectivity index (χ0v) is 17.4. The van der Waals surface area contributed by atoms with E-state index in [2.05, 4.69) is 21.0 Å². The minimum atomic E-state index is -4.54. The highest BCUT2D eigenvalue weighted by Crippen LogP contribution is 2.30. The fourth-order valence-electron chi connectivity index (χ4n) is 4.39. The smallest absolute Gasteiger partial charge is 0.432 e. The van der Waals surface area contributed by atoms with Gasteiger partial charge in [-0.05, 0) is 25.0 Å². The number of piperazine rings is 1. The number of aromatic nitrogens is 2. The molecule has 1 aromatic heterocycles. The average Bonchev–Trinajstić information content (AvgIpc) is 3.30. The van der Waals surface area contributed by atoms with Crippen LogP contribution in [0.25, 0.3) is 0 Å². The standard InChI is InChI=1S/C21H26F3N5O2/c1-31-18-7-3-2-6-17(18)28-11-9-27(10-12-28)15-5-4-8-29(14-15)20(30)16-13-19(26-25-16)21(22,23)24/h2-3,6-7,13,15H,4-5,8-12,14H2,1H3,(H,25,26). The van der Waals surface area contributed by atoms with Crippen LogP contribution < -0.4 is 9.64 Å². The normalized spacial score (nSPS) is 20.7. The van der Waals surface area contributed by atoms with Gasteiger partial charge in [0.15, 0.2) is 5.69 Å². The molecule has 3 heterocycles. The van der Waals surface area contributed by atoms with Crippen molar-refractivity contribution in [3.63, 3.8) is 0 Å². The number of benzene rings is 1. The third-order valence-electron chi connectivity index (χ3n) is 6.04. The number of para-hydroxylation sites is 2. The molecule has 0 saturated carbocycles. The second-order valence-corrected chi connectivity index (χ2v) is 7.91. The number of alkyl halides is 3. The molecule has 2 aromatic rings. The Hall–Kier alpha value is -2.75. The molecule has 1 aromatic carbocycles. The number of ether oxygens (including phenoxy) is 1.